The van der Waals surface area contributed by atoms with E-state index < -0.39 is 0 Å². The number of nitrogens with zero attached hydrogens (tertiary/aromatic N) is 1. The van der Waals surface area contributed by atoms with Crippen molar-refractivity contribution in [2.45, 2.75) is 38.0 Å². The second-order valence-corrected chi connectivity index (χ2v) is 8.05. The van der Waals surface area contributed by atoms with Crippen molar-refractivity contribution < 1.29 is 0 Å². The van der Waals surface area contributed by atoms with E-state index >= 15 is 0 Å². The van der Waals surface area contributed by atoms with Crippen molar-refractivity contribution in [1.82, 2.24) is 0 Å². The first-order valence-corrected chi connectivity index (χ1v) is 8.19. The molecule has 19 heavy (non-hydrogen) atoms. The number of nitrogens with two attached hydrogens (primary N) is 1. The molecule has 1 saturated heterocycles. The molecule has 1 aliphatic rings. The highest BCUT2D eigenvalue weighted by Crippen LogP contribution is 2.33. The minimum atomic E-state index is -0.0137. The SMILES string of the molecule is CC(N)c1ccc(N2CCSC(C)(C)CC2)cc1Cl. The second kappa shape index (κ2) is 5.94. The molecule has 1 unspecified atom stereocenters. The Morgan fingerprint density at radius 3 is 2.74 bits per heavy atom. The number of thioether (sulfide) groups is 1. The maximum Gasteiger partial charge on any atom is 0.0474 e. The first kappa shape index (κ1) is 15.0. The second-order valence-electron chi connectivity index (χ2n) is 5.84. The van der Waals surface area contributed by atoms with Crippen molar-refractivity contribution in [3.63, 3.8) is 0 Å². The van der Waals surface area contributed by atoms with E-state index in [0.29, 0.717) is 4.75 Å². The molecule has 2 nitrogen and oxygen atoms in total. The molecule has 0 spiro atoms. The molecule has 1 atom stereocenters. The summed E-state index contributed by atoms with van der Waals surface area (Å²) in [5.41, 5.74) is 8.14. The molecule has 0 bridgehead atoms. The zero-order valence-corrected chi connectivity index (χ0v) is 13.5. The molecule has 1 aromatic rings. The van der Waals surface area contributed by atoms with Gasteiger partial charge in [-0.25, -0.2) is 0 Å². The Hall–Kier alpha value is -0.380. The zero-order valence-electron chi connectivity index (χ0n) is 11.9. The topological polar surface area (TPSA) is 29.3 Å². The Balaban J connectivity index is 2.16. The lowest BCUT2D eigenvalue weighted by molar-refractivity contribution is 0.637. The first-order valence-electron chi connectivity index (χ1n) is 6.83. The lowest BCUT2D eigenvalue weighted by atomic mass is 10.1. The van der Waals surface area contributed by atoms with Crippen molar-refractivity contribution in [3.05, 3.63) is 28.8 Å². The molecule has 0 radical (unpaired) electrons. The van der Waals surface area contributed by atoms with Crippen LogP contribution in [0, 0.1) is 0 Å². The maximum absolute atomic E-state index is 6.33. The molecular formula is C15H23ClN2S. The van der Waals surface area contributed by atoms with Crippen LogP contribution in [0.1, 0.15) is 38.8 Å². The highest BCUT2D eigenvalue weighted by atomic mass is 35.5. The van der Waals surface area contributed by atoms with Crippen LogP contribution in [0.2, 0.25) is 5.02 Å². The fourth-order valence-electron chi connectivity index (χ4n) is 2.36. The lowest BCUT2D eigenvalue weighted by Gasteiger charge is -2.25. The monoisotopic (exact) mass is 298 g/mol. The predicted molar refractivity (Wildman–Crippen MR) is 87.4 cm³/mol. The van der Waals surface area contributed by atoms with Gasteiger partial charge in [-0.3, -0.25) is 0 Å². The Labute approximate surface area is 125 Å². The summed E-state index contributed by atoms with van der Waals surface area (Å²) in [6.07, 6.45) is 1.20. The number of halogens is 1. The van der Waals surface area contributed by atoms with Gasteiger partial charge in [0.25, 0.3) is 0 Å². The molecule has 1 heterocycles. The van der Waals surface area contributed by atoms with Gasteiger partial charge in [0, 0.05) is 40.3 Å². The number of rotatable bonds is 2. The highest BCUT2D eigenvalue weighted by Gasteiger charge is 2.24. The van der Waals surface area contributed by atoms with E-state index in [9.17, 15) is 0 Å². The minimum Gasteiger partial charge on any atom is -0.371 e. The number of hydrogen-bond acceptors (Lipinski definition) is 3. The summed E-state index contributed by atoms with van der Waals surface area (Å²) in [6.45, 7) is 8.79. The third-order valence-corrected chi connectivity index (χ3v) is 5.38. The predicted octanol–water partition coefficient (Wildman–Crippen LogP) is 4.08. The van der Waals surface area contributed by atoms with E-state index in [-0.39, 0.29) is 6.04 Å². The van der Waals surface area contributed by atoms with Gasteiger partial charge in [0.05, 0.1) is 0 Å². The van der Waals surface area contributed by atoms with Gasteiger partial charge in [-0.2, -0.15) is 11.8 Å². The van der Waals surface area contributed by atoms with Crippen molar-refractivity contribution in [3.8, 4) is 0 Å². The molecule has 2 rings (SSSR count). The van der Waals surface area contributed by atoms with Crippen LogP contribution in [0.25, 0.3) is 0 Å². The minimum absolute atomic E-state index is 0.0137. The smallest absolute Gasteiger partial charge is 0.0474 e. The summed E-state index contributed by atoms with van der Waals surface area (Å²) < 4.78 is 0.379. The van der Waals surface area contributed by atoms with Gasteiger partial charge in [-0.15, -0.1) is 0 Å². The molecule has 0 aromatic heterocycles. The van der Waals surface area contributed by atoms with Crippen LogP contribution in [-0.4, -0.2) is 23.6 Å². The fourth-order valence-corrected chi connectivity index (χ4v) is 3.81. The average molecular weight is 299 g/mol. The third kappa shape index (κ3) is 3.80. The lowest BCUT2D eigenvalue weighted by Crippen LogP contribution is -2.27. The van der Waals surface area contributed by atoms with Crippen LogP contribution in [0.15, 0.2) is 18.2 Å². The van der Waals surface area contributed by atoms with Crippen LogP contribution in [0.5, 0.6) is 0 Å². The Bertz CT molecular complexity index is 446. The standard InChI is InChI=1S/C15H23ClN2S/c1-11(17)13-5-4-12(10-14(13)16)18-7-6-15(2,3)19-9-8-18/h4-5,10-11H,6-9,17H2,1-3H3. The molecule has 4 heteroatoms. The first-order chi connectivity index (χ1) is 8.89. The van der Waals surface area contributed by atoms with E-state index in [2.05, 4.69) is 48.7 Å². The maximum atomic E-state index is 6.33. The molecule has 1 aliphatic heterocycles. The van der Waals surface area contributed by atoms with Gasteiger partial charge in [-0.1, -0.05) is 31.5 Å². The van der Waals surface area contributed by atoms with Crippen LogP contribution >= 0.6 is 23.4 Å². The molecular weight excluding hydrogens is 276 g/mol. The van der Waals surface area contributed by atoms with Crippen molar-refractivity contribution in [2.24, 2.45) is 5.73 Å². The quantitative estimate of drug-likeness (QED) is 0.892. The van der Waals surface area contributed by atoms with E-state index in [4.69, 9.17) is 17.3 Å². The summed E-state index contributed by atoms with van der Waals surface area (Å²) in [7, 11) is 0. The summed E-state index contributed by atoms with van der Waals surface area (Å²) in [4.78, 5) is 2.43. The van der Waals surface area contributed by atoms with E-state index in [1.54, 1.807) is 0 Å². The molecule has 106 valence electrons. The zero-order chi connectivity index (χ0) is 14.0. The van der Waals surface area contributed by atoms with Gasteiger partial charge < -0.3 is 10.6 Å². The molecule has 2 N–H and O–H groups in total. The van der Waals surface area contributed by atoms with E-state index in [0.717, 1.165) is 23.7 Å². The summed E-state index contributed by atoms with van der Waals surface area (Å²) in [5, 5.41) is 0.781. The highest BCUT2D eigenvalue weighted by molar-refractivity contribution is 8.00. The Morgan fingerprint density at radius 1 is 1.37 bits per heavy atom. The number of hydrogen-bond donors (Lipinski definition) is 1. The van der Waals surface area contributed by atoms with Crippen LogP contribution < -0.4 is 10.6 Å². The van der Waals surface area contributed by atoms with Gasteiger partial charge >= 0.3 is 0 Å². The fraction of sp³-hybridized carbons (Fsp3) is 0.600. The van der Waals surface area contributed by atoms with E-state index in [1.807, 2.05) is 6.92 Å². The summed E-state index contributed by atoms with van der Waals surface area (Å²) in [5.74, 6) is 1.17. The van der Waals surface area contributed by atoms with Crippen molar-refractivity contribution >= 4 is 29.1 Å². The van der Waals surface area contributed by atoms with Gasteiger partial charge in [0.2, 0.25) is 0 Å². The van der Waals surface area contributed by atoms with Crippen LogP contribution in [0.4, 0.5) is 5.69 Å². The molecule has 0 amide bonds. The molecule has 0 aliphatic carbocycles. The normalized spacial score (nSPS) is 21.0. The van der Waals surface area contributed by atoms with Crippen LogP contribution in [-0.2, 0) is 0 Å². The number of benzene rings is 1. The largest absolute Gasteiger partial charge is 0.371 e. The molecule has 1 aromatic carbocycles. The van der Waals surface area contributed by atoms with Gasteiger partial charge in [-0.05, 0) is 31.0 Å². The Morgan fingerprint density at radius 2 is 2.11 bits per heavy atom. The average Bonchev–Trinajstić information content (AvgIpc) is 2.49. The summed E-state index contributed by atoms with van der Waals surface area (Å²) >= 11 is 8.39. The van der Waals surface area contributed by atoms with Crippen molar-refractivity contribution in [2.75, 3.05) is 23.7 Å². The van der Waals surface area contributed by atoms with Gasteiger partial charge in [0.15, 0.2) is 0 Å². The van der Waals surface area contributed by atoms with Gasteiger partial charge in [0.1, 0.15) is 0 Å². The van der Waals surface area contributed by atoms with Crippen molar-refractivity contribution in [1.29, 1.82) is 0 Å². The summed E-state index contributed by atoms with van der Waals surface area (Å²) in [6, 6.07) is 6.25. The molecule has 0 saturated carbocycles. The number of anilines is 1. The molecule has 1 fully saturated rings. The van der Waals surface area contributed by atoms with E-state index in [1.165, 1.54) is 17.9 Å². The Kier molecular flexibility index (Phi) is 4.70. The van der Waals surface area contributed by atoms with Crippen LogP contribution in [0.3, 0.4) is 0 Å². The third-order valence-electron chi connectivity index (χ3n) is 3.68.